The molecular weight excluding hydrogens is 298 g/mol. The molecule has 3 aromatic rings. The molecule has 0 fully saturated rings. The van der Waals surface area contributed by atoms with Crippen LogP contribution in [-0.4, -0.2) is 9.97 Å². The van der Waals surface area contributed by atoms with Gasteiger partial charge in [0.05, 0.1) is 13.2 Å². The molecule has 0 atom stereocenters. The average molecular weight is 319 g/mol. The molecule has 4 heteroatoms. The molecule has 1 aromatic heterocycles. The zero-order valence-corrected chi connectivity index (χ0v) is 13.8. The molecule has 2 aromatic carbocycles. The summed E-state index contributed by atoms with van der Waals surface area (Å²) in [4.78, 5) is 8.26. The molecule has 24 heavy (non-hydrogen) atoms. The molecule has 0 spiro atoms. The van der Waals surface area contributed by atoms with E-state index in [2.05, 4.69) is 51.7 Å². The quantitative estimate of drug-likeness (QED) is 0.712. The molecule has 0 unspecified atom stereocenters. The molecule has 4 nitrogen and oxygen atoms in total. The van der Waals surface area contributed by atoms with E-state index in [9.17, 15) is 0 Å². The Morgan fingerprint density at radius 2 is 1.67 bits per heavy atom. The topological polar surface area (TPSA) is 47.0 Å². The number of rotatable bonds is 7. The van der Waals surface area contributed by atoms with Gasteiger partial charge >= 0.3 is 0 Å². The summed E-state index contributed by atoms with van der Waals surface area (Å²) in [5, 5.41) is 3.35. The Hall–Kier alpha value is -2.72. The maximum Gasteiger partial charge on any atom is 0.132 e. The zero-order valence-electron chi connectivity index (χ0n) is 13.8. The molecule has 0 saturated heterocycles. The van der Waals surface area contributed by atoms with E-state index < -0.39 is 0 Å². The average Bonchev–Trinajstić information content (AvgIpc) is 2.62. The minimum Gasteiger partial charge on any atom is -0.372 e. The summed E-state index contributed by atoms with van der Waals surface area (Å²) < 4.78 is 5.80. The smallest absolute Gasteiger partial charge is 0.132 e. The van der Waals surface area contributed by atoms with Gasteiger partial charge in [0.15, 0.2) is 0 Å². The molecule has 3 rings (SSSR count). The summed E-state index contributed by atoms with van der Waals surface area (Å²) >= 11 is 0. The number of benzene rings is 2. The van der Waals surface area contributed by atoms with Crippen LogP contribution in [0.25, 0.3) is 0 Å². The largest absolute Gasteiger partial charge is 0.372 e. The summed E-state index contributed by atoms with van der Waals surface area (Å²) in [6.45, 7) is 3.96. The Kier molecular flexibility index (Phi) is 5.53. The Morgan fingerprint density at radius 3 is 2.50 bits per heavy atom. The van der Waals surface area contributed by atoms with Crippen molar-refractivity contribution in [2.24, 2.45) is 0 Å². The predicted molar refractivity (Wildman–Crippen MR) is 95.5 cm³/mol. The van der Waals surface area contributed by atoms with Crippen LogP contribution in [0.5, 0.6) is 0 Å². The van der Waals surface area contributed by atoms with Crippen molar-refractivity contribution in [2.45, 2.75) is 26.7 Å². The van der Waals surface area contributed by atoms with Gasteiger partial charge in [0.2, 0.25) is 0 Å². The van der Waals surface area contributed by atoms with Gasteiger partial charge < -0.3 is 10.1 Å². The zero-order chi connectivity index (χ0) is 16.6. The number of aryl methyl sites for hydroxylation is 1. The van der Waals surface area contributed by atoms with Crippen molar-refractivity contribution in [2.75, 3.05) is 5.32 Å². The van der Waals surface area contributed by atoms with Gasteiger partial charge in [-0.2, -0.15) is 0 Å². The van der Waals surface area contributed by atoms with Crippen LogP contribution >= 0.6 is 0 Å². The third-order valence-electron chi connectivity index (χ3n) is 3.73. The highest BCUT2D eigenvalue weighted by Gasteiger charge is 2.01. The highest BCUT2D eigenvalue weighted by Crippen LogP contribution is 2.12. The second-order valence-electron chi connectivity index (χ2n) is 5.71. The maximum absolute atomic E-state index is 5.80. The fraction of sp³-hybridized carbons (Fsp3) is 0.200. The second-order valence-corrected chi connectivity index (χ2v) is 5.71. The van der Waals surface area contributed by atoms with Gasteiger partial charge in [-0.15, -0.1) is 0 Å². The van der Waals surface area contributed by atoms with Crippen LogP contribution in [0.15, 0.2) is 67.1 Å². The van der Waals surface area contributed by atoms with Gasteiger partial charge in [0.1, 0.15) is 12.1 Å². The molecule has 0 aliphatic rings. The van der Waals surface area contributed by atoms with Crippen molar-refractivity contribution in [3.05, 3.63) is 89.4 Å². The Balaban J connectivity index is 1.53. The highest BCUT2D eigenvalue weighted by molar-refractivity contribution is 5.41. The Morgan fingerprint density at radius 1 is 0.917 bits per heavy atom. The molecule has 1 heterocycles. The first-order valence-electron chi connectivity index (χ1n) is 8.01. The van der Waals surface area contributed by atoms with Gasteiger partial charge in [-0.1, -0.05) is 54.6 Å². The van der Waals surface area contributed by atoms with Crippen molar-refractivity contribution < 1.29 is 4.74 Å². The first-order valence-corrected chi connectivity index (χ1v) is 8.01. The van der Waals surface area contributed by atoms with Crippen LogP contribution in [-0.2, 0) is 24.5 Å². The number of nitrogens with zero attached hydrogens (tertiary/aromatic N) is 2. The summed E-state index contributed by atoms with van der Waals surface area (Å²) in [6, 6.07) is 18.6. The summed E-state index contributed by atoms with van der Waals surface area (Å²) in [5.41, 5.74) is 4.60. The molecule has 0 aliphatic carbocycles. The van der Waals surface area contributed by atoms with Crippen molar-refractivity contribution >= 4 is 5.82 Å². The van der Waals surface area contributed by atoms with Gasteiger partial charge in [0, 0.05) is 18.3 Å². The molecule has 1 N–H and O–H groups in total. The number of hydrogen-bond acceptors (Lipinski definition) is 4. The van der Waals surface area contributed by atoms with E-state index in [0.29, 0.717) is 13.2 Å². The van der Waals surface area contributed by atoms with Crippen molar-refractivity contribution in [3.8, 4) is 0 Å². The van der Waals surface area contributed by atoms with Crippen LogP contribution in [0.3, 0.4) is 0 Å². The first kappa shape index (κ1) is 16.1. The third-order valence-corrected chi connectivity index (χ3v) is 3.73. The van der Waals surface area contributed by atoms with Gasteiger partial charge in [-0.05, 0) is 23.6 Å². The molecule has 0 bridgehead atoms. The molecule has 122 valence electrons. The summed E-state index contributed by atoms with van der Waals surface area (Å²) in [6.07, 6.45) is 3.37. The minimum atomic E-state index is 0.606. The fourth-order valence-corrected chi connectivity index (χ4v) is 2.46. The minimum absolute atomic E-state index is 0.606. The number of nitrogens with one attached hydrogen (secondary N) is 1. The van der Waals surface area contributed by atoms with Gasteiger partial charge in [0.25, 0.3) is 0 Å². The lowest BCUT2D eigenvalue weighted by Gasteiger charge is -2.09. The number of aromatic nitrogens is 2. The van der Waals surface area contributed by atoms with Gasteiger partial charge in [-0.25, -0.2) is 9.97 Å². The standard InChI is InChI=1S/C20H21N3O/c1-16-11-21-15-23-20(16)22-12-18-8-5-9-19(10-18)14-24-13-17-6-3-2-4-7-17/h2-11,15H,12-14H2,1H3,(H,21,22,23). The number of anilines is 1. The fourth-order valence-electron chi connectivity index (χ4n) is 2.46. The van der Waals surface area contributed by atoms with E-state index >= 15 is 0 Å². The summed E-state index contributed by atoms with van der Waals surface area (Å²) in [7, 11) is 0. The molecule has 0 radical (unpaired) electrons. The SMILES string of the molecule is Cc1cncnc1NCc1cccc(COCc2ccccc2)c1. The third kappa shape index (κ3) is 4.64. The van der Waals surface area contributed by atoms with Crippen LogP contribution in [0.4, 0.5) is 5.82 Å². The van der Waals surface area contributed by atoms with E-state index in [1.165, 1.54) is 16.7 Å². The Bertz CT molecular complexity index is 775. The van der Waals surface area contributed by atoms with Crippen molar-refractivity contribution in [1.29, 1.82) is 0 Å². The lowest BCUT2D eigenvalue weighted by Crippen LogP contribution is -2.04. The monoisotopic (exact) mass is 319 g/mol. The first-order chi connectivity index (χ1) is 11.8. The second kappa shape index (κ2) is 8.22. The van der Waals surface area contributed by atoms with Crippen LogP contribution < -0.4 is 5.32 Å². The number of ether oxygens (including phenoxy) is 1. The van der Waals surface area contributed by atoms with Crippen molar-refractivity contribution in [1.82, 2.24) is 9.97 Å². The normalized spacial score (nSPS) is 10.5. The number of hydrogen-bond donors (Lipinski definition) is 1. The molecular formula is C20H21N3O. The van der Waals surface area contributed by atoms with E-state index in [1.54, 1.807) is 6.33 Å². The summed E-state index contributed by atoms with van der Waals surface area (Å²) in [5.74, 6) is 0.871. The highest BCUT2D eigenvalue weighted by atomic mass is 16.5. The van der Waals surface area contributed by atoms with Crippen LogP contribution in [0, 0.1) is 6.92 Å². The predicted octanol–water partition coefficient (Wildman–Crippen LogP) is 4.11. The molecule has 0 saturated carbocycles. The maximum atomic E-state index is 5.80. The molecule has 0 aliphatic heterocycles. The van der Waals surface area contributed by atoms with E-state index in [4.69, 9.17) is 4.74 Å². The van der Waals surface area contributed by atoms with Gasteiger partial charge in [-0.3, -0.25) is 0 Å². The lowest BCUT2D eigenvalue weighted by molar-refractivity contribution is 0.107. The van der Waals surface area contributed by atoms with E-state index in [1.807, 2.05) is 31.3 Å². The van der Waals surface area contributed by atoms with E-state index in [0.717, 1.165) is 17.9 Å². The molecule has 0 amide bonds. The van der Waals surface area contributed by atoms with Crippen LogP contribution in [0.1, 0.15) is 22.3 Å². The van der Waals surface area contributed by atoms with E-state index in [-0.39, 0.29) is 0 Å². The van der Waals surface area contributed by atoms with Crippen LogP contribution in [0.2, 0.25) is 0 Å². The van der Waals surface area contributed by atoms with Crippen molar-refractivity contribution in [3.63, 3.8) is 0 Å². The lowest BCUT2D eigenvalue weighted by atomic mass is 10.1. The Labute approximate surface area is 142 Å².